The molecule has 162 valence electrons. The van der Waals surface area contributed by atoms with Gasteiger partial charge in [0.25, 0.3) is 5.91 Å². The average molecular weight is 412 g/mol. The van der Waals surface area contributed by atoms with Crippen molar-refractivity contribution in [3.63, 3.8) is 0 Å². The minimum Gasteiger partial charge on any atom is -0.466 e. The molecule has 0 N–H and O–H groups in total. The van der Waals surface area contributed by atoms with Crippen LogP contribution in [-0.4, -0.2) is 46.3 Å². The van der Waals surface area contributed by atoms with E-state index in [1.165, 1.54) is 5.56 Å². The number of carbonyl (C=O) groups excluding carboxylic acids is 2. The smallest absolute Gasteiger partial charge is 0.310 e. The molecule has 1 aliphatic heterocycles. The minimum atomic E-state index is -0.241. The zero-order chi connectivity index (χ0) is 21.7. The van der Waals surface area contributed by atoms with Gasteiger partial charge in [0.15, 0.2) is 0 Å². The van der Waals surface area contributed by atoms with Crippen LogP contribution in [0.3, 0.4) is 0 Å². The van der Waals surface area contributed by atoms with Crippen molar-refractivity contribution in [3.8, 4) is 5.69 Å². The SMILES string of the molecule is CCCc1nn(-c2ccc(C)cc2)c(CC)c1C(=O)N1CCC[C@H](C(=O)OCC)C1. The van der Waals surface area contributed by atoms with E-state index in [4.69, 9.17) is 9.84 Å². The summed E-state index contributed by atoms with van der Waals surface area (Å²) >= 11 is 0. The molecule has 1 amide bonds. The molecule has 6 nitrogen and oxygen atoms in total. The van der Waals surface area contributed by atoms with Crippen molar-refractivity contribution in [1.29, 1.82) is 0 Å². The van der Waals surface area contributed by atoms with Gasteiger partial charge in [0.1, 0.15) is 0 Å². The van der Waals surface area contributed by atoms with Gasteiger partial charge in [-0.2, -0.15) is 5.10 Å². The number of ether oxygens (including phenoxy) is 1. The summed E-state index contributed by atoms with van der Waals surface area (Å²) < 4.78 is 7.12. The Hall–Kier alpha value is -2.63. The fraction of sp³-hybridized carbons (Fsp3) is 0.542. The molecule has 1 fully saturated rings. The van der Waals surface area contributed by atoms with Gasteiger partial charge in [0, 0.05) is 13.1 Å². The van der Waals surface area contributed by atoms with Gasteiger partial charge in [-0.05, 0) is 51.7 Å². The molecule has 1 atom stereocenters. The number of rotatable bonds is 7. The quantitative estimate of drug-likeness (QED) is 0.643. The molecule has 30 heavy (non-hydrogen) atoms. The van der Waals surface area contributed by atoms with Gasteiger partial charge in [-0.3, -0.25) is 9.59 Å². The lowest BCUT2D eigenvalue weighted by Crippen LogP contribution is -2.43. The lowest BCUT2D eigenvalue weighted by Gasteiger charge is -2.31. The number of aryl methyl sites for hydroxylation is 2. The van der Waals surface area contributed by atoms with Crippen LogP contribution < -0.4 is 0 Å². The maximum Gasteiger partial charge on any atom is 0.310 e. The minimum absolute atomic E-state index is 0.0114. The highest BCUT2D eigenvalue weighted by Gasteiger charge is 2.33. The van der Waals surface area contributed by atoms with Gasteiger partial charge in [-0.1, -0.05) is 38.0 Å². The molecule has 6 heteroatoms. The summed E-state index contributed by atoms with van der Waals surface area (Å²) in [5.74, 6) is -0.452. The first-order chi connectivity index (χ1) is 14.5. The first kappa shape index (κ1) is 22.1. The lowest BCUT2D eigenvalue weighted by molar-refractivity contribution is -0.149. The molecule has 0 spiro atoms. The van der Waals surface area contributed by atoms with Gasteiger partial charge >= 0.3 is 5.97 Å². The molecule has 1 saturated heterocycles. The van der Waals surface area contributed by atoms with Crippen LogP contribution in [0, 0.1) is 12.8 Å². The monoisotopic (exact) mass is 411 g/mol. The fourth-order valence-electron chi connectivity index (χ4n) is 4.16. The molecule has 1 aliphatic rings. The summed E-state index contributed by atoms with van der Waals surface area (Å²) in [7, 11) is 0. The first-order valence-electron chi connectivity index (χ1n) is 11.1. The zero-order valence-corrected chi connectivity index (χ0v) is 18.6. The molecule has 0 aliphatic carbocycles. The second-order valence-corrected chi connectivity index (χ2v) is 7.96. The van der Waals surface area contributed by atoms with Crippen LogP contribution in [0.1, 0.15) is 67.3 Å². The van der Waals surface area contributed by atoms with Crippen LogP contribution in [0.5, 0.6) is 0 Å². The van der Waals surface area contributed by atoms with Gasteiger partial charge < -0.3 is 9.64 Å². The summed E-state index contributed by atoms with van der Waals surface area (Å²) in [6, 6.07) is 8.21. The molecule has 3 rings (SSSR count). The van der Waals surface area contributed by atoms with E-state index in [0.717, 1.165) is 42.8 Å². The molecule has 2 aromatic rings. The van der Waals surface area contributed by atoms with E-state index in [9.17, 15) is 9.59 Å². The third kappa shape index (κ3) is 4.58. The molecule has 0 radical (unpaired) electrons. The van der Waals surface area contributed by atoms with Crippen molar-refractivity contribution >= 4 is 11.9 Å². The van der Waals surface area contributed by atoms with E-state index < -0.39 is 0 Å². The highest BCUT2D eigenvalue weighted by Crippen LogP contribution is 2.26. The van der Waals surface area contributed by atoms with Crippen LogP contribution in [-0.2, 0) is 22.4 Å². The molecule has 2 heterocycles. The summed E-state index contributed by atoms with van der Waals surface area (Å²) in [5.41, 5.74) is 4.65. The van der Waals surface area contributed by atoms with Crippen LogP contribution in [0.4, 0.5) is 0 Å². The number of hydrogen-bond acceptors (Lipinski definition) is 4. The Kier molecular flexibility index (Phi) is 7.29. The van der Waals surface area contributed by atoms with Crippen molar-refractivity contribution in [2.45, 2.75) is 59.8 Å². The second-order valence-electron chi connectivity index (χ2n) is 7.96. The number of likely N-dealkylation sites (tertiary alicyclic amines) is 1. The number of nitrogens with zero attached hydrogens (tertiary/aromatic N) is 3. The number of piperidine rings is 1. The van der Waals surface area contributed by atoms with Gasteiger partial charge in [0.2, 0.25) is 0 Å². The number of amides is 1. The van der Waals surface area contributed by atoms with Crippen LogP contribution in [0.2, 0.25) is 0 Å². The molecule has 1 aromatic heterocycles. The Labute approximate surface area is 179 Å². The average Bonchev–Trinajstić information content (AvgIpc) is 3.12. The van der Waals surface area contributed by atoms with E-state index in [1.807, 2.05) is 28.6 Å². The number of carbonyl (C=O) groups is 2. The highest BCUT2D eigenvalue weighted by molar-refractivity contribution is 5.97. The Morgan fingerprint density at radius 1 is 1.17 bits per heavy atom. The molecule has 0 bridgehead atoms. The van der Waals surface area contributed by atoms with Gasteiger partial charge in [0.05, 0.1) is 35.2 Å². The standard InChI is InChI=1S/C24H33N3O3/c1-5-9-20-22(21(6-2)27(25-20)19-13-11-17(4)12-14-19)23(28)26-15-8-10-18(16-26)24(29)30-7-3/h11-14,18H,5-10,15-16H2,1-4H3/t18-/m0/s1. The summed E-state index contributed by atoms with van der Waals surface area (Å²) in [6.45, 7) is 9.48. The third-order valence-electron chi connectivity index (χ3n) is 5.70. The maximum atomic E-state index is 13.6. The van der Waals surface area contributed by atoms with E-state index in [1.54, 1.807) is 0 Å². The number of benzene rings is 1. The second kappa shape index (κ2) is 9.92. The van der Waals surface area contributed by atoms with E-state index in [-0.39, 0.29) is 17.8 Å². The van der Waals surface area contributed by atoms with Crippen molar-refractivity contribution in [1.82, 2.24) is 14.7 Å². The van der Waals surface area contributed by atoms with Crippen LogP contribution >= 0.6 is 0 Å². The Morgan fingerprint density at radius 3 is 2.53 bits per heavy atom. The van der Waals surface area contributed by atoms with Crippen molar-refractivity contribution in [2.24, 2.45) is 5.92 Å². The summed E-state index contributed by atoms with van der Waals surface area (Å²) in [5, 5.41) is 4.85. The number of hydrogen-bond donors (Lipinski definition) is 0. The highest BCUT2D eigenvalue weighted by atomic mass is 16.5. The summed E-state index contributed by atoms with van der Waals surface area (Å²) in [4.78, 5) is 27.7. The zero-order valence-electron chi connectivity index (χ0n) is 18.6. The Balaban J connectivity index is 1.96. The molecule has 0 unspecified atom stereocenters. The maximum absolute atomic E-state index is 13.6. The largest absolute Gasteiger partial charge is 0.466 e. The topological polar surface area (TPSA) is 64.4 Å². The van der Waals surface area contributed by atoms with Crippen LogP contribution in [0.25, 0.3) is 5.69 Å². The lowest BCUT2D eigenvalue weighted by atomic mass is 9.96. The summed E-state index contributed by atoms with van der Waals surface area (Å²) in [6.07, 6.45) is 3.96. The fourth-order valence-corrected chi connectivity index (χ4v) is 4.16. The predicted octanol–water partition coefficient (Wildman–Crippen LogP) is 4.11. The molecule has 1 aromatic carbocycles. The molecular formula is C24H33N3O3. The Bertz CT molecular complexity index is 886. The van der Waals surface area contributed by atoms with E-state index in [2.05, 4.69) is 32.9 Å². The van der Waals surface area contributed by atoms with Crippen molar-refractivity contribution < 1.29 is 14.3 Å². The van der Waals surface area contributed by atoms with Crippen LogP contribution in [0.15, 0.2) is 24.3 Å². The van der Waals surface area contributed by atoms with Crippen molar-refractivity contribution in [2.75, 3.05) is 19.7 Å². The van der Waals surface area contributed by atoms with Gasteiger partial charge in [-0.25, -0.2) is 4.68 Å². The predicted molar refractivity (Wildman–Crippen MR) is 117 cm³/mol. The molecular weight excluding hydrogens is 378 g/mol. The first-order valence-corrected chi connectivity index (χ1v) is 11.1. The number of esters is 1. The van der Waals surface area contributed by atoms with Crippen molar-refractivity contribution in [3.05, 3.63) is 46.8 Å². The third-order valence-corrected chi connectivity index (χ3v) is 5.70. The van der Waals surface area contributed by atoms with E-state index >= 15 is 0 Å². The normalized spacial score (nSPS) is 16.5. The Morgan fingerprint density at radius 2 is 1.90 bits per heavy atom. The van der Waals surface area contributed by atoms with Gasteiger partial charge in [-0.15, -0.1) is 0 Å². The van der Waals surface area contributed by atoms with E-state index in [0.29, 0.717) is 31.7 Å². The molecule has 0 saturated carbocycles. The number of aromatic nitrogens is 2.